The van der Waals surface area contributed by atoms with Crippen LogP contribution in [0.15, 0.2) is 23.7 Å². The second-order valence-corrected chi connectivity index (χ2v) is 5.92. The average Bonchev–Trinajstić information content (AvgIpc) is 2.80. The smallest absolute Gasteiger partial charge is 0.225 e. The molecule has 0 aliphatic carbocycles. The first-order valence-corrected chi connectivity index (χ1v) is 6.68. The number of carbonyl (C=O) groups excluding carboxylic acids is 1. The van der Waals surface area contributed by atoms with Crippen molar-refractivity contribution in [3.63, 3.8) is 0 Å². The summed E-state index contributed by atoms with van der Waals surface area (Å²) in [5.41, 5.74) is -0.440. The lowest BCUT2D eigenvalue weighted by atomic mass is 9.86. The Morgan fingerprint density at radius 3 is 2.78 bits per heavy atom. The van der Waals surface area contributed by atoms with Gasteiger partial charge in [0, 0.05) is 37.5 Å². The van der Waals surface area contributed by atoms with Gasteiger partial charge in [-0.2, -0.15) is 0 Å². The lowest BCUT2D eigenvalue weighted by Gasteiger charge is -2.25. The molecule has 0 aromatic carbocycles. The van der Waals surface area contributed by atoms with Gasteiger partial charge in [-0.25, -0.2) is 4.98 Å². The van der Waals surface area contributed by atoms with E-state index in [1.165, 1.54) is 11.3 Å². The zero-order chi connectivity index (χ0) is 13.8. The van der Waals surface area contributed by atoms with Crippen LogP contribution in [-0.4, -0.2) is 35.0 Å². The third kappa shape index (κ3) is 3.92. The molecule has 0 saturated carbocycles. The molecule has 0 aliphatic heterocycles. The van der Waals surface area contributed by atoms with Crippen LogP contribution in [0.5, 0.6) is 0 Å². The third-order valence-electron chi connectivity index (χ3n) is 2.73. The molecule has 5 heteroatoms. The van der Waals surface area contributed by atoms with E-state index in [4.69, 9.17) is 0 Å². The fourth-order valence-corrected chi connectivity index (χ4v) is 2.24. The van der Waals surface area contributed by atoms with E-state index in [0.29, 0.717) is 11.4 Å². The summed E-state index contributed by atoms with van der Waals surface area (Å²) in [6, 6.07) is 0. The highest BCUT2D eigenvalue weighted by atomic mass is 32.1. The molecule has 1 aromatic rings. The number of thiazole rings is 1. The van der Waals surface area contributed by atoms with Gasteiger partial charge in [0.25, 0.3) is 0 Å². The summed E-state index contributed by atoms with van der Waals surface area (Å²) < 4.78 is 0. The van der Waals surface area contributed by atoms with Crippen LogP contribution in [0.25, 0.3) is 0 Å². The molecule has 100 valence electrons. The highest BCUT2D eigenvalue weighted by molar-refractivity contribution is 7.09. The summed E-state index contributed by atoms with van der Waals surface area (Å²) in [7, 11) is 3.46. The highest BCUT2D eigenvalue weighted by Gasteiger charge is 2.28. The van der Waals surface area contributed by atoms with E-state index in [1.54, 1.807) is 31.3 Å². The molecule has 0 saturated heterocycles. The fraction of sp³-hybridized carbons (Fsp3) is 0.538. The zero-order valence-electron chi connectivity index (χ0n) is 11.3. The quantitative estimate of drug-likeness (QED) is 0.833. The van der Waals surface area contributed by atoms with Gasteiger partial charge in [0.05, 0.1) is 0 Å². The van der Waals surface area contributed by atoms with Gasteiger partial charge in [-0.3, -0.25) is 4.79 Å². The highest BCUT2D eigenvalue weighted by Crippen LogP contribution is 2.35. The molecule has 4 nitrogen and oxygen atoms in total. The molecule has 0 bridgehead atoms. The van der Waals surface area contributed by atoms with Crippen molar-refractivity contribution in [3.05, 3.63) is 28.7 Å². The van der Waals surface area contributed by atoms with E-state index in [2.05, 4.69) is 4.98 Å². The molecular weight excluding hydrogens is 248 g/mol. The third-order valence-corrected chi connectivity index (χ3v) is 3.56. The molecule has 18 heavy (non-hydrogen) atoms. The predicted molar refractivity (Wildman–Crippen MR) is 73.3 cm³/mol. The Morgan fingerprint density at radius 2 is 2.28 bits per heavy atom. The monoisotopic (exact) mass is 268 g/mol. The summed E-state index contributed by atoms with van der Waals surface area (Å²) >= 11 is 1.43. The molecule has 0 spiro atoms. The van der Waals surface area contributed by atoms with E-state index in [0.717, 1.165) is 0 Å². The lowest BCUT2D eigenvalue weighted by Crippen LogP contribution is -2.22. The second-order valence-electron chi connectivity index (χ2n) is 4.99. The summed E-state index contributed by atoms with van der Waals surface area (Å²) in [4.78, 5) is 17.1. The van der Waals surface area contributed by atoms with Crippen molar-refractivity contribution in [2.75, 3.05) is 14.1 Å². The van der Waals surface area contributed by atoms with Gasteiger partial charge in [0.1, 0.15) is 11.1 Å². The number of hydrogen-bond donors (Lipinski definition) is 1. The molecule has 0 unspecified atom stereocenters. The Labute approximate surface area is 112 Å². The van der Waals surface area contributed by atoms with Crippen LogP contribution in [-0.2, 0) is 4.79 Å². The maximum atomic E-state index is 11.4. The van der Waals surface area contributed by atoms with Crippen LogP contribution in [0.2, 0.25) is 0 Å². The summed E-state index contributed by atoms with van der Waals surface area (Å²) in [5.74, 6) is 0.0470. The molecule has 1 atom stereocenters. The van der Waals surface area contributed by atoms with Crippen molar-refractivity contribution in [2.45, 2.75) is 26.4 Å². The largest absolute Gasteiger partial charge is 0.385 e. The van der Waals surface area contributed by atoms with Gasteiger partial charge >= 0.3 is 0 Å². The first-order chi connectivity index (χ1) is 8.34. The minimum absolute atomic E-state index is 0.0470. The average molecular weight is 268 g/mol. The Hall–Kier alpha value is -1.20. The van der Waals surface area contributed by atoms with Gasteiger partial charge in [-0.05, 0) is 0 Å². The number of hydrogen-bond acceptors (Lipinski definition) is 4. The van der Waals surface area contributed by atoms with E-state index in [-0.39, 0.29) is 5.91 Å². The summed E-state index contributed by atoms with van der Waals surface area (Å²) in [5, 5.41) is 12.8. The van der Waals surface area contributed by atoms with Gasteiger partial charge in [0.15, 0.2) is 0 Å². The van der Waals surface area contributed by atoms with Crippen LogP contribution in [0.4, 0.5) is 0 Å². The lowest BCUT2D eigenvalue weighted by molar-refractivity contribution is -0.127. The molecule has 1 rings (SSSR count). The number of amides is 1. The van der Waals surface area contributed by atoms with Crippen LogP contribution >= 0.6 is 11.3 Å². The SMILES string of the molecule is CN(C)C(=O)C/C=C/C(C)(C)[C@@H](O)c1nccs1. The fourth-order valence-electron chi connectivity index (χ4n) is 1.42. The maximum Gasteiger partial charge on any atom is 0.225 e. The Balaban J connectivity index is 2.64. The molecule has 1 heterocycles. The Morgan fingerprint density at radius 1 is 1.61 bits per heavy atom. The van der Waals surface area contributed by atoms with Crippen molar-refractivity contribution in [1.82, 2.24) is 9.88 Å². The first kappa shape index (κ1) is 14.9. The first-order valence-electron chi connectivity index (χ1n) is 5.80. The minimum atomic E-state index is -0.650. The molecule has 0 fully saturated rings. The van der Waals surface area contributed by atoms with Crippen LogP contribution in [0.1, 0.15) is 31.4 Å². The summed E-state index contributed by atoms with van der Waals surface area (Å²) in [6.45, 7) is 3.85. The van der Waals surface area contributed by atoms with Crippen molar-refractivity contribution < 1.29 is 9.90 Å². The number of nitrogens with zero attached hydrogens (tertiary/aromatic N) is 2. The summed E-state index contributed by atoms with van der Waals surface area (Å²) in [6.07, 6.45) is 5.06. The number of carbonyl (C=O) groups is 1. The normalized spacial score (nSPS) is 13.8. The van der Waals surface area contributed by atoms with Crippen LogP contribution in [0.3, 0.4) is 0 Å². The molecule has 0 radical (unpaired) electrons. The zero-order valence-corrected chi connectivity index (χ0v) is 12.1. The minimum Gasteiger partial charge on any atom is -0.385 e. The predicted octanol–water partition coefficient (Wildman–Crippen LogP) is 2.24. The van der Waals surface area contributed by atoms with Crippen molar-refractivity contribution in [1.29, 1.82) is 0 Å². The van der Waals surface area contributed by atoms with Gasteiger partial charge in [0.2, 0.25) is 5.91 Å². The number of aliphatic hydroxyl groups is 1. The molecule has 1 N–H and O–H groups in total. The van der Waals surface area contributed by atoms with Crippen LogP contribution < -0.4 is 0 Å². The van der Waals surface area contributed by atoms with E-state index in [1.807, 2.05) is 25.3 Å². The van der Waals surface area contributed by atoms with Crippen LogP contribution in [0, 0.1) is 5.41 Å². The van der Waals surface area contributed by atoms with Crippen molar-refractivity contribution in [3.8, 4) is 0 Å². The van der Waals surface area contributed by atoms with E-state index < -0.39 is 11.5 Å². The van der Waals surface area contributed by atoms with Gasteiger partial charge in [-0.15, -0.1) is 11.3 Å². The molecule has 1 aromatic heterocycles. The van der Waals surface area contributed by atoms with E-state index in [9.17, 15) is 9.90 Å². The molecule has 1 amide bonds. The van der Waals surface area contributed by atoms with Crippen molar-refractivity contribution >= 4 is 17.2 Å². The van der Waals surface area contributed by atoms with E-state index >= 15 is 0 Å². The van der Waals surface area contributed by atoms with Crippen molar-refractivity contribution in [2.24, 2.45) is 5.41 Å². The topological polar surface area (TPSA) is 53.4 Å². The number of rotatable bonds is 5. The second kappa shape index (κ2) is 6.11. The Kier molecular flexibility index (Phi) is 5.04. The molecule has 0 aliphatic rings. The standard InChI is InChI=1S/C13H20N2O2S/c1-13(2,7-5-6-10(16)15(3)4)11(17)12-14-8-9-18-12/h5,7-9,11,17H,6H2,1-4H3/b7-5+/t11-/m0/s1. The van der Waals surface area contributed by atoms with Gasteiger partial charge in [-0.1, -0.05) is 26.0 Å². The number of aliphatic hydroxyl groups excluding tert-OH is 1. The maximum absolute atomic E-state index is 11.4. The Bertz CT molecular complexity index is 411. The number of aromatic nitrogens is 1. The molecular formula is C13H20N2O2S. The van der Waals surface area contributed by atoms with Gasteiger partial charge < -0.3 is 10.0 Å².